The van der Waals surface area contributed by atoms with Crippen LogP contribution in [0, 0.1) is 11.3 Å². The highest BCUT2D eigenvalue weighted by Gasteiger charge is 2.35. The average molecular weight is 279 g/mol. The number of hydrogen-bond donors (Lipinski definition) is 3. The van der Waals surface area contributed by atoms with Crippen molar-refractivity contribution in [1.82, 2.24) is 5.32 Å². The van der Waals surface area contributed by atoms with Crippen molar-refractivity contribution in [3.63, 3.8) is 0 Å². The van der Waals surface area contributed by atoms with Crippen molar-refractivity contribution in [2.24, 2.45) is 17.1 Å². The summed E-state index contributed by atoms with van der Waals surface area (Å²) >= 11 is 0. The highest BCUT2D eigenvalue weighted by Crippen LogP contribution is 2.35. The van der Waals surface area contributed by atoms with Crippen LogP contribution in [0.4, 0.5) is 0 Å². The zero-order valence-electron chi connectivity index (χ0n) is 11.6. The highest BCUT2D eigenvalue weighted by molar-refractivity contribution is 5.85. The third-order valence-corrected chi connectivity index (χ3v) is 4.15. The fourth-order valence-electron chi connectivity index (χ4n) is 2.28. The van der Waals surface area contributed by atoms with Gasteiger partial charge < -0.3 is 16.2 Å². The SMILES string of the molecule is CC(N)C(C)C(=O)NCC1(C)CCCCC1O.Cl. The second kappa shape index (κ2) is 7.31. The van der Waals surface area contributed by atoms with Crippen LogP contribution in [0.1, 0.15) is 46.5 Å². The number of nitrogens with one attached hydrogen (secondary N) is 1. The molecule has 108 valence electrons. The molecule has 4 atom stereocenters. The largest absolute Gasteiger partial charge is 0.392 e. The number of aliphatic hydroxyl groups is 1. The predicted molar refractivity (Wildman–Crippen MR) is 75.7 cm³/mol. The molecule has 1 saturated carbocycles. The van der Waals surface area contributed by atoms with Gasteiger partial charge in [-0.25, -0.2) is 0 Å². The molecule has 1 amide bonds. The third-order valence-electron chi connectivity index (χ3n) is 4.15. The molecule has 1 fully saturated rings. The average Bonchev–Trinajstić information content (AvgIpc) is 2.29. The topological polar surface area (TPSA) is 75.4 Å². The maximum absolute atomic E-state index is 11.8. The van der Waals surface area contributed by atoms with Crippen LogP contribution in [-0.4, -0.2) is 29.7 Å². The van der Waals surface area contributed by atoms with E-state index in [4.69, 9.17) is 5.73 Å². The first-order valence-electron chi connectivity index (χ1n) is 6.58. The van der Waals surface area contributed by atoms with E-state index in [0.29, 0.717) is 6.54 Å². The number of halogens is 1. The van der Waals surface area contributed by atoms with Gasteiger partial charge in [-0.05, 0) is 19.8 Å². The zero-order valence-corrected chi connectivity index (χ0v) is 12.4. The van der Waals surface area contributed by atoms with Crippen LogP contribution in [0.3, 0.4) is 0 Å². The minimum atomic E-state index is -0.304. The van der Waals surface area contributed by atoms with Crippen molar-refractivity contribution in [3.05, 3.63) is 0 Å². The minimum Gasteiger partial charge on any atom is -0.392 e. The summed E-state index contributed by atoms with van der Waals surface area (Å²) in [7, 11) is 0. The third kappa shape index (κ3) is 4.41. The van der Waals surface area contributed by atoms with E-state index in [-0.39, 0.29) is 41.8 Å². The van der Waals surface area contributed by atoms with Crippen LogP contribution >= 0.6 is 12.4 Å². The van der Waals surface area contributed by atoms with E-state index in [1.165, 1.54) is 0 Å². The lowest BCUT2D eigenvalue weighted by molar-refractivity contribution is -0.126. The molecule has 1 aliphatic carbocycles. The Balaban J connectivity index is 0.00000289. The van der Waals surface area contributed by atoms with Crippen molar-refractivity contribution >= 4 is 18.3 Å². The number of carbonyl (C=O) groups is 1. The molecular formula is C13H27ClN2O2. The van der Waals surface area contributed by atoms with Gasteiger partial charge in [0.05, 0.1) is 6.10 Å². The fraction of sp³-hybridized carbons (Fsp3) is 0.923. The van der Waals surface area contributed by atoms with Gasteiger partial charge >= 0.3 is 0 Å². The highest BCUT2D eigenvalue weighted by atomic mass is 35.5. The lowest BCUT2D eigenvalue weighted by Gasteiger charge is -2.38. The number of nitrogens with two attached hydrogens (primary N) is 1. The smallest absolute Gasteiger partial charge is 0.224 e. The zero-order chi connectivity index (χ0) is 13.1. The fourth-order valence-corrected chi connectivity index (χ4v) is 2.28. The van der Waals surface area contributed by atoms with Gasteiger partial charge in [-0.1, -0.05) is 26.7 Å². The number of hydrogen-bond acceptors (Lipinski definition) is 3. The Bertz CT molecular complexity index is 274. The molecule has 18 heavy (non-hydrogen) atoms. The van der Waals surface area contributed by atoms with Crippen LogP contribution in [0.15, 0.2) is 0 Å². The molecule has 0 bridgehead atoms. The van der Waals surface area contributed by atoms with E-state index in [2.05, 4.69) is 5.32 Å². The van der Waals surface area contributed by atoms with Crippen molar-refractivity contribution in [3.8, 4) is 0 Å². The van der Waals surface area contributed by atoms with E-state index in [1.54, 1.807) is 0 Å². The molecule has 5 heteroatoms. The number of aliphatic hydroxyl groups excluding tert-OH is 1. The van der Waals surface area contributed by atoms with Gasteiger partial charge in [-0.2, -0.15) is 0 Å². The lowest BCUT2D eigenvalue weighted by Crippen LogP contribution is -2.48. The second-order valence-corrected chi connectivity index (χ2v) is 5.78. The molecule has 0 aromatic rings. The van der Waals surface area contributed by atoms with Gasteiger partial charge in [0.25, 0.3) is 0 Å². The molecule has 0 radical (unpaired) electrons. The van der Waals surface area contributed by atoms with Crippen LogP contribution in [0.2, 0.25) is 0 Å². The second-order valence-electron chi connectivity index (χ2n) is 5.78. The van der Waals surface area contributed by atoms with Gasteiger partial charge in [0, 0.05) is 23.9 Å². The first kappa shape index (κ1) is 17.7. The summed E-state index contributed by atoms with van der Waals surface area (Å²) in [5.74, 6) is -0.196. The maximum atomic E-state index is 11.8. The molecule has 1 rings (SSSR count). The quantitative estimate of drug-likeness (QED) is 0.729. The van der Waals surface area contributed by atoms with Crippen LogP contribution in [-0.2, 0) is 4.79 Å². The summed E-state index contributed by atoms with van der Waals surface area (Å²) in [6.07, 6.45) is 3.73. The molecular weight excluding hydrogens is 252 g/mol. The summed E-state index contributed by atoms with van der Waals surface area (Å²) in [6.45, 7) is 6.26. The summed E-state index contributed by atoms with van der Waals surface area (Å²) < 4.78 is 0. The van der Waals surface area contributed by atoms with Crippen LogP contribution < -0.4 is 11.1 Å². The molecule has 0 spiro atoms. The van der Waals surface area contributed by atoms with Gasteiger partial charge in [0.15, 0.2) is 0 Å². The van der Waals surface area contributed by atoms with E-state index in [9.17, 15) is 9.90 Å². The Morgan fingerprint density at radius 3 is 2.61 bits per heavy atom. The van der Waals surface area contributed by atoms with Crippen molar-refractivity contribution in [1.29, 1.82) is 0 Å². The summed E-state index contributed by atoms with van der Waals surface area (Å²) in [5, 5.41) is 12.9. The maximum Gasteiger partial charge on any atom is 0.224 e. The summed E-state index contributed by atoms with van der Waals surface area (Å²) in [5.41, 5.74) is 5.52. The predicted octanol–water partition coefficient (Wildman–Crippen LogP) is 1.45. The molecule has 0 aromatic carbocycles. The van der Waals surface area contributed by atoms with Crippen molar-refractivity contribution in [2.75, 3.05) is 6.54 Å². The minimum absolute atomic E-state index is 0. The van der Waals surface area contributed by atoms with Gasteiger partial charge in [-0.3, -0.25) is 4.79 Å². The van der Waals surface area contributed by atoms with Gasteiger partial charge in [0.2, 0.25) is 5.91 Å². The van der Waals surface area contributed by atoms with Crippen LogP contribution in [0.25, 0.3) is 0 Å². The number of carbonyl (C=O) groups excluding carboxylic acids is 1. The van der Waals surface area contributed by atoms with E-state index in [1.807, 2.05) is 20.8 Å². The molecule has 0 aliphatic heterocycles. The molecule has 1 aliphatic rings. The van der Waals surface area contributed by atoms with Gasteiger partial charge in [-0.15, -0.1) is 12.4 Å². The van der Waals surface area contributed by atoms with Crippen molar-refractivity contribution in [2.45, 2.75) is 58.6 Å². The number of rotatable bonds is 4. The number of amides is 1. The van der Waals surface area contributed by atoms with E-state index >= 15 is 0 Å². The molecule has 4 N–H and O–H groups in total. The molecule has 0 aromatic heterocycles. The normalized spacial score (nSPS) is 31.1. The Kier molecular flexibility index (Phi) is 7.18. The Hall–Kier alpha value is -0.320. The lowest BCUT2D eigenvalue weighted by atomic mass is 9.73. The molecule has 4 unspecified atom stereocenters. The summed E-state index contributed by atoms with van der Waals surface area (Å²) in [6, 6.07) is -0.140. The Labute approximate surface area is 116 Å². The Morgan fingerprint density at radius 1 is 1.50 bits per heavy atom. The van der Waals surface area contributed by atoms with E-state index in [0.717, 1.165) is 25.7 Å². The summed E-state index contributed by atoms with van der Waals surface area (Å²) in [4.78, 5) is 11.8. The molecule has 4 nitrogen and oxygen atoms in total. The van der Waals surface area contributed by atoms with Crippen molar-refractivity contribution < 1.29 is 9.90 Å². The van der Waals surface area contributed by atoms with Crippen LogP contribution in [0.5, 0.6) is 0 Å². The first-order chi connectivity index (χ1) is 7.87. The van der Waals surface area contributed by atoms with E-state index < -0.39 is 0 Å². The molecule has 0 saturated heterocycles. The first-order valence-corrected chi connectivity index (χ1v) is 6.58. The van der Waals surface area contributed by atoms with Gasteiger partial charge in [0.1, 0.15) is 0 Å². The Morgan fingerprint density at radius 2 is 2.11 bits per heavy atom. The monoisotopic (exact) mass is 278 g/mol. The molecule has 0 heterocycles. The standard InChI is InChI=1S/C13H26N2O2.ClH/c1-9(10(2)14)12(17)15-8-13(3)7-5-4-6-11(13)16;/h9-11,16H,4-8,14H2,1-3H3,(H,15,17);1H.